The van der Waals surface area contributed by atoms with Crippen molar-refractivity contribution in [1.82, 2.24) is 0 Å². The summed E-state index contributed by atoms with van der Waals surface area (Å²) in [5.41, 5.74) is 2.44. The van der Waals surface area contributed by atoms with Gasteiger partial charge >= 0.3 is 0 Å². The molecule has 0 aliphatic heterocycles. The molecule has 17 heavy (non-hydrogen) atoms. The highest BCUT2D eigenvalue weighted by atomic mass is 31.1. The highest BCUT2D eigenvalue weighted by Crippen LogP contribution is 2.25. The highest BCUT2D eigenvalue weighted by Gasteiger charge is 1.96. The maximum Gasteiger partial charge on any atom is 0.275 e. The van der Waals surface area contributed by atoms with E-state index in [2.05, 4.69) is 13.8 Å². The van der Waals surface area contributed by atoms with Crippen LogP contribution in [0.4, 0.5) is 0 Å². The molecule has 3 heteroatoms. The van der Waals surface area contributed by atoms with Crippen LogP contribution in [0.15, 0.2) is 48.5 Å². The van der Waals surface area contributed by atoms with Gasteiger partial charge in [-0.25, -0.2) is 0 Å². The van der Waals surface area contributed by atoms with E-state index in [0.29, 0.717) is 0 Å². The largest absolute Gasteiger partial charge is 0.441 e. The van der Waals surface area contributed by atoms with Gasteiger partial charge in [-0.2, -0.15) is 0 Å². The Hall–Kier alpha value is -1.53. The fourth-order valence-corrected chi connectivity index (χ4v) is 1.84. The molecule has 0 aliphatic carbocycles. The number of hydrogen-bond donors (Lipinski definition) is 0. The summed E-state index contributed by atoms with van der Waals surface area (Å²) in [4.78, 5) is 0. The van der Waals surface area contributed by atoms with Crippen LogP contribution in [0, 0.1) is 13.8 Å². The van der Waals surface area contributed by atoms with Gasteiger partial charge in [-0.15, -0.1) is 0 Å². The zero-order valence-electron chi connectivity index (χ0n) is 9.94. The van der Waals surface area contributed by atoms with E-state index in [1.54, 1.807) is 0 Å². The van der Waals surface area contributed by atoms with Gasteiger partial charge in [0.05, 0.1) is 0 Å². The maximum absolute atomic E-state index is 5.50. The van der Waals surface area contributed by atoms with Crippen molar-refractivity contribution in [2.45, 2.75) is 13.8 Å². The molecular formula is C14H15O2P. The van der Waals surface area contributed by atoms with Crippen LogP contribution in [-0.4, -0.2) is 0 Å². The van der Waals surface area contributed by atoms with Crippen molar-refractivity contribution in [1.29, 1.82) is 0 Å². The smallest absolute Gasteiger partial charge is 0.275 e. The lowest BCUT2D eigenvalue weighted by Crippen LogP contribution is -1.85. The number of rotatable bonds is 4. The minimum Gasteiger partial charge on any atom is -0.441 e. The van der Waals surface area contributed by atoms with Gasteiger partial charge in [0.15, 0.2) is 0 Å². The first-order valence-electron chi connectivity index (χ1n) is 5.46. The topological polar surface area (TPSA) is 18.5 Å². The Bertz CT molecular complexity index is 417. The highest BCUT2D eigenvalue weighted by molar-refractivity contribution is 7.27. The molecule has 0 spiro atoms. The van der Waals surface area contributed by atoms with E-state index < -0.39 is 0 Å². The first-order chi connectivity index (χ1) is 8.24. The Balaban J connectivity index is 1.83. The molecule has 2 nitrogen and oxygen atoms in total. The first kappa shape index (κ1) is 11.9. The normalized spacial score (nSPS) is 10.0. The first-order valence-corrected chi connectivity index (χ1v) is 6.28. The van der Waals surface area contributed by atoms with Crippen LogP contribution in [0.3, 0.4) is 0 Å². The maximum atomic E-state index is 5.50. The molecule has 0 bridgehead atoms. The van der Waals surface area contributed by atoms with Crippen LogP contribution in [0.1, 0.15) is 11.1 Å². The third-order valence-corrected chi connectivity index (χ3v) is 3.00. The van der Waals surface area contributed by atoms with Crippen LogP contribution in [0.5, 0.6) is 11.5 Å². The van der Waals surface area contributed by atoms with Gasteiger partial charge in [0.1, 0.15) is 11.5 Å². The lowest BCUT2D eigenvalue weighted by molar-refractivity contribution is 0.515. The summed E-state index contributed by atoms with van der Waals surface area (Å²) in [6, 6.07) is 15.9. The second-order valence-corrected chi connectivity index (χ2v) is 4.49. The summed E-state index contributed by atoms with van der Waals surface area (Å²) in [5, 5.41) is 0. The van der Waals surface area contributed by atoms with Gasteiger partial charge in [0.25, 0.3) is 9.03 Å². The van der Waals surface area contributed by atoms with Gasteiger partial charge in [-0.05, 0) is 38.1 Å². The lowest BCUT2D eigenvalue weighted by atomic mass is 10.2. The summed E-state index contributed by atoms with van der Waals surface area (Å²) in [6.07, 6.45) is 0. The SMILES string of the molecule is Cc1ccc(OPOc2ccc(C)cc2)cc1. The molecular weight excluding hydrogens is 231 g/mol. The second kappa shape index (κ2) is 5.70. The van der Waals surface area contributed by atoms with E-state index in [9.17, 15) is 0 Å². The Kier molecular flexibility index (Phi) is 4.00. The van der Waals surface area contributed by atoms with Crippen molar-refractivity contribution >= 4 is 9.03 Å². The lowest BCUT2D eigenvalue weighted by Gasteiger charge is -2.07. The zero-order valence-corrected chi connectivity index (χ0v) is 10.9. The van der Waals surface area contributed by atoms with Gasteiger partial charge in [0, 0.05) is 0 Å². The zero-order chi connectivity index (χ0) is 12.1. The van der Waals surface area contributed by atoms with E-state index in [-0.39, 0.29) is 9.03 Å². The monoisotopic (exact) mass is 246 g/mol. The Morgan fingerprint density at radius 2 is 1.00 bits per heavy atom. The molecule has 2 aromatic carbocycles. The Labute approximate surface area is 104 Å². The van der Waals surface area contributed by atoms with Gasteiger partial charge in [-0.1, -0.05) is 35.4 Å². The van der Waals surface area contributed by atoms with Crippen molar-refractivity contribution in [3.63, 3.8) is 0 Å². The molecule has 0 fully saturated rings. The van der Waals surface area contributed by atoms with Crippen molar-refractivity contribution in [2.75, 3.05) is 0 Å². The van der Waals surface area contributed by atoms with Crippen LogP contribution < -0.4 is 9.05 Å². The van der Waals surface area contributed by atoms with Crippen LogP contribution in [0.25, 0.3) is 0 Å². The molecule has 0 radical (unpaired) electrons. The van der Waals surface area contributed by atoms with E-state index >= 15 is 0 Å². The summed E-state index contributed by atoms with van der Waals surface area (Å²) in [7, 11) is -0.0193. The standard InChI is InChI=1S/C14H15O2P/c1-11-3-7-13(8-4-11)15-17-16-14-9-5-12(2)6-10-14/h3-10,17H,1-2H3. The average molecular weight is 246 g/mol. The Morgan fingerprint density at radius 3 is 1.35 bits per heavy atom. The van der Waals surface area contributed by atoms with Gasteiger partial charge in [0.2, 0.25) is 0 Å². The summed E-state index contributed by atoms with van der Waals surface area (Å²) in [6.45, 7) is 4.10. The van der Waals surface area contributed by atoms with E-state index in [4.69, 9.17) is 9.05 Å². The van der Waals surface area contributed by atoms with Crippen molar-refractivity contribution in [3.8, 4) is 11.5 Å². The van der Waals surface area contributed by atoms with E-state index in [1.807, 2.05) is 48.5 Å². The number of benzene rings is 2. The second-order valence-electron chi connectivity index (χ2n) is 3.91. The van der Waals surface area contributed by atoms with E-state index in [1.165, 1.54) is 11.1 Å². The average Bonchev–Trinajstić information content (AvgIpc) is 2.34. The van der Waals surface area contributed by atoms with Crippen LogP contribution in [0.2, 0.25) is 0 Å². The molecule has 2 rings (SSSR count). The molecule has 0 aromatic heterocycles. The van der Waals surface area contributed by atoms with Crippen molar-refractivity contribution in [3.05, 3.63) is 59.7 Å². The van der Waals surface area contributed by atoms with Gasteiger partial charge in [-0.3, -0.25) is 0 Å². The minimum atomic E-state index is -0.0193. The molecule has 0 amide bonds. The summed E-state index contributed by atoms with van der Waals surface area (Å²) < 4.78 is 11.0. The fourth-order valence-electron chi connectivity index (χ4n) is 1.33. The minimum absolute atomic E-state index is 0.0193. The molecule has 0 N–H and O–H groups in total. The van der Waals surface area contributed by atoms with Crippen molar-refractivity contribution < 1.29 is 9.05 Å². The van der Waals surface area contributed by atoms with E-state index in [0.717, 1.165) is 11.5 Å². The molecule has 0 unspecified atom stereocenters. The predicted octanol–water partition coefficient (Wildman–Crippen LogP) is 4.27. The summed E-state index contributed by atoms with van der Waals surface area (Å²) >= 11 is 0. The van der Waals surface area contributed by atoms with Crippen LogP contribution in [-0.2, 0) is 0 Å². The van der Waals surface area contributed by atoms with Crippen molar-refractivity contribution in [2.24, 2.45) is 0 Å². The summed E-state index contributed by atoms with van der Waals surface area (Å²) in [5.74, 6) is 1.67. The molecule has 0 saturated heterocycles. The third kappa shape index (κ3) is 3.76. The number of hydrogen-bond acceptors (Lipinski definition) is 2. The fraction of sp³-hybridized carbons (Fsp3) is 0.143. The molecule has 0 aliphatic rings. The predicted molar refractivity (Wildman–Crippen MR) is 71.9 cm³/mol. The quantitative estimate of drug-likeness (QED) is 0.750. The Morgan fingerprint density at radius 1 is 0.647 bits per heavy atom. The third-order valence-electron chi connectivity index (χ3n) is 2.36. The molecule has 0 atom stereocenters. The van der Waals surface area contributed by atoms with Gasteiger partial charge < -0.3 is 9.05 Å². The molecule has 0 saturated carbocycles. The molecule has 0 heterocycles. The molecule has 2 aromatic rings. The number of aryl methyl sites for hydroxylation is 2. The molecule has 88 valence electrons. The van der Waals surface area contributed by atoms with Crippen LogP contribution >= 0.6 is 9.03 Å².